The molecule has 0 aliphatic heterocycles. The second-order valence-electron chi connectivity index (χ2n) is 11.2. The standard InChI is InChI=1S/C30H28F4N4O4S/c1-16-3-9-21(10-4-16)43(40,41)38-15-23(22-13-20(31)14-35-28(22)38)24-11-19(30(32,33)34)12-25(36-24)37-27-18-7-5-17(6-8-18)26(27)29(39)42-2/h3-4,9-15,17-18,26-27H,5-8H2,1-2H3,(H,36,37)/t17?,18?,26-,27-/m0/s1. The molecule has 226 valence electrons. The minimum atomic E-state index is -4.78. The molecule has 1 aromatic carbocycles. The van der Waals surface area contributed by atoms with Crippen LogP contribution in [0.4, 0.5) is 23.4 Å². The van der Waals surface area contributed by atoms with Crippen LogP contribution in [-0.2, 0) is 25.7 Å². The number of hydrogen-bond acceptors (Lipinski definition) is 7. The third-order valence-electron chi connectivity index (χ3n) is 8.59. The first-order valence-electron chi connectivity index (χ1n) is 13.8. The normalized spacial score (nSPS) is 22.1. The van der Waals surface area contributed by atoms with E-state index in [0.29, 0.717) is 0 Å². The summed E-state index contributed by atoms with van der Waals surface area (Å²) in [4.78, 5) is 21.1. The number of aromatic nitrogens is 3. The van der Waals surface area contributed by atoms with Crippen LogP contribution in [0.5, 0.6) is 0 Å². The summed E-state index contributed by atoms with van der Waals surface area (Å²) in [5, 5.41) is 3.07. The molecule has 1 N–H and O–H groups in total. The Balaban J connectivity index is 1.50. The second-order valence-corrected chi connectivity index (χ2v) is 13.0. The Morgan fingerprint density at radius 1 is 1.05 bits per heavy atom. The number of ether oxygens (including phenoxy) is 1. The largest absolute Gasteiger partial charge is 0.469 e. The smallest absolute Gasteiger partial charge is 0.416 e. The third kappa shape index (κ3) is 5.23. The van der Waals surface area contributed by atoms with Crippen molar-refractivity contribution >= 4 is 32.8 Å². The number of anilines is 1. The Morgan fingerprint density at radius 3 is 2.37 bits per heavy atom. The van der Waals surface area contributed by atoms with Gasteiger partial charge in [-0.05, 0) is 74.8 Å². The highest BCUT2D eigenvalue weighted by Gasteiger charge is 2.48. The number of rotatable bonds is 6. The van der Waals surface area contributed by atoms with Crippen LogP contribution < -0.4 is 5.32 Å². The van der Waals surface area contributed by atoms with Gasteiger partial charge in [-0.25, -0.2) is 26.7 Å². The molecule has 3 aliphatic rings. The van der Waals surface area contributed by atoms with Gasteiger partial charge in [0.25, 0.3) is 10.0 Å². The summed E-state index contributed by atoms with van der Waals surface area (Å²) in [7, 11) is -2.98. The van der Waals surface area contributed by atoms with Gasteiger partial charge in [-0.1, -0.05) is 17.7 Å². The van der Waals surface area contributed by atoms with Crippen molar-refractivity contribution in [2.75, 3.05) is 12.4 Å². The zero-order chi connectivity index (χ0) is 30.7. The minimum absolute atomic E-state index is 0.0300. The number of benzene rings is 1. The van der Waals surface area contributed by atoms with Crippen molar-refractivity contribution in [1.29, 1.82) is 0 Å². The Labute approximate surface area is 245 Å². The summed E-state index contributed by atoms with van der Waals surface area (Å²) in [5.74, 6) is -1.83. The molecule has 3 aliphatic carbocycles. The van der Waals surface area contributed by atoms with Crippen LogP contribution in [0.2, 0.25) is 0 Å². The molecule has 3 saturated carbocycles. The lowest BCUT2D eigenvalue weighted by Gasteiger charge is -2.47. The van der Waals surface area contributed by atoms with E-state index in [0.717, 1.165) is 65.8 Å². The van der Waals surface area contributed by atoms with E-state index in [-0.39, 0.29) is 44.8 Å². The van der Waals surface area contributed by atoms with E-state index in [9.17, 15) is 30.8 Å². The summed E-state index contributed by atoms with van der Waals surface area (Å²) in [6.07, 6.45) is 0.462. The number of aryl methyl sites for hydroxylation is 1. The fourth-order valence-corrected chi connectivity index (χ4v) is 7.80. The van der Waals surface area contributed by atoms with Crippen molar-refractivity contribution in [3.63, 3.8) is 0 Å². The zero-order valence-electron chi connectivity index (χ0n) is 23.2. The highest BCUT2D eigenvalue weighted by atomic mass is 32.2. The van der Waals surface area contributed by atoms with Gasteiger partial charge in [-0.2, -0.15) is 13.2 Å². The van der Waals surface area contributed by atoms with Gasteiger partial charge in [0.2, 0.25) is 0 Å². The molecule has 13 heteroatoms. The summed E-state index contributed by atoms with van der Waals surface area (Å²) >= 11 is 0. The van der Waals surface area contributed by atoms with Crippen molar-refractivity contribution in [2.24, 2.45) is 17.8 Å². The van der Waals surface area contributed by atoms with E-state index >= 15 is 0 Å². The van der Waals surface area contributed by atoms with E-state index in [1.807, 2.05) is 0 Å². The Bertz CT molecular complexity index is 1810. The number of carbonyl (C=O) groups excluding carboxylic acids is 1. The lowest BCUT2D eigenvalue weighted by Crippen LogP contribution is -2.51. The van der Waals surface area contributed by atoms with E-state index in [4.69, 9.17) is 4.74 Å². The van der Waals surface area contributed by atoms with Crippen molar-refractivity contribution in [3.05, 3.63) is 71.8 Å². The van der Waals surface area contributed by atoms with E-state index in [2.05, 4.69) is 15.3 Å². The van der Waals surface area contributed by atoms with Crippen molar-refractivity contribution in [2.45, 2.75) is 49.7 Å². The molecule has 0 unspecified atom stereocenters. The molecule has 0 amide bonds. The van der Waals surface area contributed by atoms with Crippen LogP contribution in [0.15, 0.2) is 59.8 Å². The van der Waals surface area contributed by atoms with E-state index < -0.39 is 45.5 Å². The van der Waals surface area contributed by atoms with Gasteiger partial charge in [-0.3, -0.25) is 4.79 Å². The van der Waals surface area contributed by atoms with Gasteiger partial charge in [0.15, 0.2) is 5.65 Å². The van der Waals surface area contributed by atoms with Crippen LogP contribution in [0.1, 0.15) is 36.8 Å². The fraction of sp³-hybridized carbons (Fsp3) is 0.367. The number of pyridine rings is 2. The molecule has 43 heavy (non-hydrogen) atoms. The van der Waals surface area contributed by atoms with Crippen LogP contribution in [-0.4, -0.2) is 41.5 Å². The molecule has 3 aromatic heterocycles. The SMILES string of the molecule is COC(=O)[C@H]1C2CCC(CC2)[C@@H]1Nc1cc(C(F)(F)F)cc(-c2cn(S(=O)(=O)c3ccc(C)cc3)c3ncc(F)cc23)n1. The fourth-order valence-electron chi connectivity index (χ4n) is 6.47. The average Bonchev–Trinajstić information content (AvgIpc) is 3.36. The summed E-state index contributed by atoms with van der Waals surface area (Å²) in [6.45, 7) is 1.79. The van der Waals surface area contributed by atoms with Gasteiger partial charge < -0.3 is 10.1 Å². The second kappa shape index (κ2) is 10.6. The number of carbonyl (C=O) groups is 1. The Morgan fingerprint density at radius 2 is 1.72 bits per heavy atom. The quantitative estimate of drug-likeness (QED) is 0.204. The van der Waals surface area contributed by atoms with Crippen molar-refractivity contribution in [1.82, 2.24) is 13.9 Å². The highest BCUT2D eigenvalue weighted by Crippen LogP contribution is 2.47. The molecule has 8 nitrogen and oxygen atoms in total. The average molecular weight is 617 g/mol. The maximum absolute atomic E-state index is 14.4. The molecule has 0 saturated heterocycles. The molecule has 2 atom stereocenters. The molecular formula is C30H28F4N4O4S. The summed E-state index contributed by atoms with van der Waals surface area (Å²) in [5.41, 5.74) is -0.668. The number of hydrogen-bond donors (Lipinski definition) is 1. The maximum atomic E-state index is 14.4. The topological polar surface area (TPSA) is 103 Å². The van der Waals surface area contributed by atoms with E-state index in [1.54, 1.807) is 19.1 Å². The molecule has 3 fully saturated rings. The van der Waals surface area contributed by atoms with Gasteiger partial charge in [0.05, 0.1) is 35.4 Å². The monoisotopic (exact) mass is 616 g/mol. The molecule has 2 bridgehead atoms. The molecular weight excluding hydrogens is 588 g/mol. The first-order chi connectivity index (χ1) is 20.4. The first-order valence-corrected chi connectivity index (χ1v) is 15.2. The van der Waals surface area contributed by atoms with Gasteiger partial charge in [0, 0.05) is 23.2 Å². The molecule has 3 heterocycles. The van der Waals surface area contributed by atoms with Crippen molar-refractivity contribution < 1.29 is 35.5 Å². The molecule has 0 radical (unpaired) electrons. The molecule has 4 aromatic rings. The lowest BCUT2D eigenvalue weighted by molar-refractivity contribution is -0.152. The molecule has 7 rings (SSSR count). The van der Waals surface area contributed by atoms with Gasteiger partial charge >= 0.3 is 12.1 Å². The minimum Gasteiger partial charge on any atom is -0.469 e. The van der Waals surface area contributed by atoms with Crippen LogP contribution in [0, 0.1) is 30.5 Å². The number of methoxy groups -OCH3 is 1. The van der Waals surface area contributed by atoms with Crippen LogP contribution in [0.3, 0.4) is 0 Å². The zero-order valence-corrected chi connectivity index (χ0v) is 24.0. The highest BCUT2D eigenvalue weighted by molar-refractivity contribution is 7.90. The predicted octanol–water partition coefficient (Wildman–Crippen LogP) is 6.19. The van der Waals surface area contributed by atoms with Crippen LogP contribution in [0.25, 0.3) is 22.3 Å². The Kier molecular flexibility index (Phi) is 7.18. The van der Waals surface area contributed by atoms with E-state index in [1.165, 1.54) is 19.2 Å². The molecule has 0 spiro atoms. The number of fused-ring (bicyclic) bond motifs is 4. The number of halogens is 4. The van der Waals surface area contributed by atoms with Gasteiger partial charge in [-0.15, -0.1) is 0 Å². The number of nitrogens with zero attached hydrogens (tertiary/aromatic N) is 3. The van der Waals surface area contributed by atoms with Crippen molar-refractivity contribution in [3.8, 4) is 11.3 Å². The predicted molar refractivity (Wildman–Crippen MR) is 150 cm³/mol. The number of esters is 1. The van der Waals surface area contributed by atoms with Gasteiger partial charge in [0.1, 0.15) is 11.6 Å². The maximum Gasteiger partial charge on any atom is 0.416 e. The van der Waals surface area contributed by atoms with Crippen LogP contribution >= 0.6 is 0 Å². The third-order valence-corrected chi connectivity index (χ3v) is 10.3. The Hall–Kier alpha value is -4.00. The number of nitrogens with one attached hydrogen (secondary N) is 1. The summed E-state index contributed by atoms with van der Waals surface area (Å²) < 4.78 is 90.0. The lowest BCUT2D eigenvalue weighted by atomic mass is 9.61. The number of alkyl halides is 3. The summed E-state index contributed by atoms with van der Waals surface area (Å²) in [6, 6.07) is 8.20. The first kappa shape index (κ1) is 29.1.